The minimum atomic E-state index is 0.581. The SMILES string of the molecule is Cc1cccc(C)c1-c1cc2nccc(NCC(C)C)c2cc1Cl. The largest absolute Gasteiger partial charge is 0.384 e. The van der Waals surface area contributed by atoms with E-state index in [4.69, 9.17) is 11.6 Å². The molecule has 0 amide bonds. The number of rotatable bonds is 4. The van der Waals surface area contributed by atoms with Crippen LogP contribution in [0.1, 0.15) is 25.0 Å². The third kappa shape index (κ3) is 3.25. The molecule has 1 heterocycles. The highest BCUT2D eigenvalue weighted by molar-refractivity contribution is 6.34. The molecule has 1 N–H and O–H groups in total. The average Bonchev–Trinajstić information content (AvgIpc) is 2.53. The Kier molecular flexibility index (Phi) is 4.77. The molecular formula is C21H23ClN2. The van der Waals surface area contributed by atoms with Crippen molar-refractivity contribution < 1.29 is 0 Å². The van der Waals surface area contributed by atoms with Gasteiger partial charge in [0, 0.05) is 34.4 Å². The Morgan fingerprint density at radius 1 is 1.08 bits per heavy atom. The monoisotopic (exact) mass is 338 g/mol. The highest BCUT2D eigenvalue weighted by atomic mass is 35.5. The van der Waals surface area contributed by atoms with Crippen molar-refractivity contribution in [1.82, 2.24) is 4.98 Å². The smallest absolute Gasteiger partial charge is 0.0729 e. The maximum atomic E-state index is 6.66. The molecule has 0 unspecified atom stereocenters. The van der Waals surface area contributed by atoms with E-state index in [2.05, 4.69) is 62.3 Å². The second-order valence-electron chi connectivity index (χ2n) is 6.75. The van der Waals surface area contributed by atoms with E-state index in [0.717, 1.165) is 33.7 Å². The van der Waals surface area contributed by atoms with E-state index in [9.17, 15) is 0 Å². The Labute approximate surface area is 148 Å². The van der Waals surface area contributed by atoms with Gasteiger partial charge in [0.1, 0.15) is 0 Å². The third-order valence-electron chi connectivity index (χ3n) is 4.28. The van der Waals surface area contributed by atoms with Crippen molar-refractivity contribution >= 4 is 28.2 Å². The molecule has 3 rings (SSSR count). The summed E-state index contributed by atoms with van der Waals surface area (Å²) in [6, 6.07) is 12.5. The zero-order valence-corrected chi connectivity index (χ0v) is 15.4. The molecule has 3 heteroatoms. The Hall–Kier alpha value is -2.06. The highest BCUT2D eigenvalue weighted by Gasteiger charge is 2.13. The summed E-state index contributed by atoms with van der Waals surface area (Å²) in [5.74, 6) is 0.581. The van der Waals surface area contributed by atoms with Gasteiger partial charge in [-0.2, -0.15) is 0 Å². The molecule has 124 valence electrons. The van der Waals surface area contributed by atoms with Crippen LogP contribution in [0.4, 0.5) is 5.69 Å². The van der Waals surface area contributed by atoms with Gasteiger partial charge in [0.25, 0.3) is 0 Å². The molecule has 0 aliphatic rings. The fourth-order valence-electron chi connectivity index (χ4n) is 3.07. The quantitative estimate of drug-likeness (QED) is 0.609. The Balaban J connectivity index is 2.15. The van der Waals surface area contributed by atoms with E-state index in [1.165, 1.54) is 16.7 Å². The molecular weight excluding hydrogens is 316 g/mol. The van der Waals surface area contributed by atoms with Crippen LogP contribution in [0.3, 0.4) is 0 Å². The second-order valence-corrected chi connectivity index (χ2v) is 7.16. The van der Waals surface area contributed by atoms with Crippen LogP contribution in [0.5, 0.6) is 0 Å². The first kappa shape index (κ1) is 16.8. The molecule has 0 fully saturated rings. The topological polar surface area (TPSA) is 24.9 Å². The average molecular weight is 339 g/mol. The van der Waals surface area contributed by atoms with Crippen LogP contribution in [0.25, 0.3) is 22.0 Å². The minimum Gasteiger partial charge on any atom is -0.384 e. The number of pyridine rings is 1. The predicted molar refractivity (Wildman–Crippen MR) is 105 cm³/mol. The summed E-state index contributed by atoms with van der Waals surface area (Å²) < 4.78 is 0. The van der Waals surface area contributed by atoms with E-state index in [0.29, 0.717) is 5.92 Å². The van der Waals surface area contributed by atoms with Gasteiger partial charge in [-0.1, -0.05) is 43.6 Å². The number of aryl methyl sites for hydroxylation is 2. The van der Waals surface area contributed by atoms with Crippen LogP contribution >= 0.6 is 11.6 Å². The summed E-state index contributed by atoms with van der Waals surface area (Å²) in [6.07, 6.45) is 1.85. The second kappa shape index (κ2) is 6.82. The molecule has 3 aromatic rings. The summed E-state index contributed by atoms with van der Waals surface area (Å²) in [6.45, 7) is 9.56. The fourth-order valence-corrected chi connectivity index (χ4v) is 3.32. The van der Waals surface area contributed by atoms with Crippen molar-refractivity contribution in [2.45, 2.75) is 27.7 Å². The number of nitrogens with zero attached hydrogens (tertiary/aromatic N) is 1. The van der Waals surface area contributed by atoms with Crippen LogP contribution in [-0.4, -0.2) is 11.5 Å². The van der Waals surface area contributed by atoms with Gasteiger partial charge in [0.05, 0.1) is 5.52 Å². The Morgan fingerprint density at radius 3 is 2.46 bits per heavy atom. The molecule has 0 atom stereocenters. The van der Waals surface area contributed by atoms with E-state index in [-0.39, 0.29) is 0 Å². The van der Waals surface area contributed by atoms with Gasteiger partial charge in [0.15, 0.2) is 0 Å². The number of aromatic nitrogens is 1. The van der Waals surface area contributed by atoms with Crippen LogP contribution in [0, 0.1) is 19.8 Å². The fraction of sp³-hybridized carbons (Fsp3) is 0.286. The minimum absolute atomic E-state index is 0.581. The molecule has 0 saturated heterocycles. The van der Waals surface area contributed by atoms with E-state index < -0.39 is 0 Å². The molecule has 0 radical (unpaired) electrons. The van der Waals surface area contributed by atoms with Crippen molar-refractivity contribution in [1.29, 1.82) is 0 Å². The van der Waals surface area contributed by atoms with Crippen LogP contribution < -0.4 is 5.32 Å². The lowest BCUT2D eigenvalue weighted by molar-refractivity contribution is 0.689. The molecule has 0 saturated carbocycles. The van der Waals surface area contributed by atoms with Gasteiger partial charge in [-0.3, -0.25) is 4.98 Å². The van der Waals surface area contributed by atoms with Crippen molar-refractivity contribution in [3.63, 3.8) is 0 Å². The van der Waals surface area contributed by atoms with Gasteiger partial charge in [-0.25, -0.2) is 0 Å². The number of nitrogens with one attached hydrogen (secondary N) is 1. The van der Waals surface area contributed by atoms with Crippen molar-refractivity contribution in [3.05, 3.63) is 58.7 Å². The summed E-state index contributed by atoms with van der Waals surface area (Å²) >= 11 is 6.66. The molecule has 24 heavy (non-hydrogen) atoms. The summed E-state index contributed by atoms with van der Waals surface area (Å²) in [5, 5.41) is 5.33. The number of benzene rings is 2. The molecule has 1 aromatic heterocycles. The maximum Gasteiger partial charge on any atom is 0.0729 e. The number of fused-ring (bicyclic) bond motifs is 1. The molecule has 0 spiro atoms. The van der Waals surface area contributed by atoms with Crippen molar-refractivity contribution in [3.8, 4) is 11.1 Å². The van der Waals surface area contributed by atoms with Crippen LogP contribution in [0.2, 0.25) is 5.02 Å². The number of hydrogen-bond acceptors (Lipinski definition) is 2. The van der Waals surface area contributed by atoms with Gasteiger partial charge in [0.2, 0.25) is 0 Å². The number of hydrogen-bond donors (Lipinski definition) is 1. The standard InChI is InChI=1S/C21H23ClN2/c1-13(2)12-24-19-8-9-23-20-11-16(18(22)10-17(19)20)21-14(3)6-5-7-15(21)4/h5-11,13H,12H2,1-4H3,(H,23,24). The van der Waals surface area contributed by atoms with Gasteiger partial charge in [-0.05, 0) is 54.7 Å². The van der Waals surface area contributed by atoms with E-state index in [1.807, 2.05) is 18.3 Å². The summed E-state index contributed by atoms with van der Waals surface area (Å²) in [4.78, 5) is 4.56. The molecule has 0 aliphatic heterocycles. The zero-order chi connectivity index (χ0) is 17.3. The number of anilines is 1. The molecule has 0 bridgehead atoms. The van der Waals surface area contributed by atoms with E-state index >= 15 is 0 Å². The zero-order valence-electron chi connectivity index (χ0n) is 14.7. The third-order valence-corrected chi connectivity index (χ3v) is 4.59. The maximum absolute atomic E-state index is 6.66. The molecule has 2 aromatic carbocycles. The van der Waals surface area contributed by atoms with Gasteiger partial charge >= 0.3 is 0 Å². The van der Waals surface area contributed by atoms with Crippen molar-refractivity contribution in [2.75, 3.05) is 11.9 Å². The first-order valence-electron chi connectivity index (χ1n) is 8.36. The lowest BCUT2D eigenvalue weighted by Gasteiger charge is -2.15. The highest BCUT2D eigenvalue weighted by Crippen LogP contribution is 2.37. The number of halogens is 1. The lowest BCUT2D eigenvalue weighted by atomic mass is 9.94. The van der Waals surface area contributed by atoms with Crippen LogP contribution in [-0.2, 0) is 0 Å². The van der Waals surface area contributed by atoms with E-state index in [1.54, 1.807) is 0 Å². The Morgan fingerprint density at radius 2 is 1.79 bits per heavy atom. The predicted octanol–water partition coefficient (Wildman–Crippen LogP) is 6.24. The lowest BCUT2D eigenvalue weighted by Crippen LogP contribution is -2.08. The van der Waals surface area contributed by atoms with Crippen molar-refractivity contribution in [2.24, 2.45) is 5.92 Å². The molecule has 2 nitrogen and oxygen atoms in total. The molecule has 0 aliphatic carbocycles. The van der Waals surface area contributed by atoms with Gasteiger partial charge in [-0.15, -0.1) is 0 Å². The normalized spacial score (nSPS) is 11.2. The first-order valence-corrected chi connectivity index (χ1v) is 8.74. The first-order chi connectivity index (χ1) is 11.5. The Bertz CT molecular complexity index is 864. The van der Waals surface area contributed by atoms with Crippen LogP contribution in [0.15, 0.2) is 42.6 Å². The van der Waals surface area contributed by atoms with Gasteiger partial charge < -0.3 is 5.32 Å². The summed E-state index contributed by atoms with van der Waals surface area (Å²) in [5.41, 5.74) is 6.75. The summed E-state index contributed by atoms with van der Waals surface area (Å²) in [7, 11) is 0.